The van der Waals surface area contributed by atoms with Crippen LogP contribution >= 0.6 is 0 Å². The van der Waals surface area contributed by atoms with Gasteiger partial charge in [0.15, 0.2) is 0 Å². The molecule has 7 rings (SSSR count). The molecule has 1 aromatic heterocycles. The molecule has 294 valence electrons. The molecule has 1 fully saturated rings. The van der Waals surface area contributed by atoms with Gasteiger partial charge in [0, 0.05) is 42.6 Å². The molecule has 3 aromatic carbocycles. The van der Waals surface area contributed by atoms with Crippen molar-refractivity contribution in [3.05, 3.63) is 76.9 Å². The summed E-state index contributed by atoms with van der Waals surface area (Å²) in [6.45, 7) is 18.6. The second-order valence-electron chi connectivity index (χ2n) is 15.0. The number of fused-ring (bicyclic) bond motifs is 4. The third-order valence-corrected chi connectivity index (χ3v) is 10.5. The van der Waals surface area contributed by atoms with Crippen LogP contribution in [-0.2, 0) is 14.4 Å². The first-order valence-corrected chi connectivity index (χ1v) is 19.2. The lowest BCUT2D eigenvalue weighted by atomic mass is 9.84. The molecule has 4 heterocycles. The predicted molar refractivity (Wildman–Crippen MR) is 199 cm³/mol. The highest BCUT2D eigenvalue weighted by Gasteiger charge is 2.38. The minimum Gasteiger partial charge on any atom is -0.478 e. The van der Waals surface area contributed by atoms with Gasteiger partial charge in [0.2, 0.25) is 0 Å². The zero-order valence-electron chi connectivity index (χ0n) is 32.3. The Morgan fingerprint density at radius 1 is 0.786 bits per heavy atom. The van der Waals surface area contributed by atoms with E-state index in [2.05, 4.69) is 89.5 Å². The van der Waals surface area contributed by atoms with Gasteiger partial charge in [-0.2, -0.15) is 0 Å². The summed E-state index contributed by atoms with van der Waals surface area (Å²) in [5, 5.41) is 12.5. The monoisotopic (exact) mass is 787 g/mol. The van der Waals surface area contributed by atoms with Crippen LogP contribution in [0.1, 0.15) is 100 Å². The number of rotatable bonds is 6. The standard InChI is InChI=1S/C41H41N3O7.ClHO4/c1-9-42-30-18-32-28(16-26(30)22(3)20-40(42,5)6)36(29-17-27-23(4)21-41(7,8)43(10-2)31(27)19-33(29)50-32)24-12-11-13-25(37(24)38(47)48)39(49)51-44-34(45)14-15-35(44)46;2-1(3,4)5/h11-13,16-21H,9-10,14-15H2,1-8H3;(H,2,3,4,5). The normalized spacial score (nSPS) is 17.2. The van der Waals surface area contributed by atoms with E-state index in [-0.39, 0.29) is 40.6 Å². The minimum atomic E-state index is -4.94. The number of anilines is 2. The maximum Gasteiger partial charge on any atom is 0.364 e. The quantitative estimate of drug-likeness (QED) is 0.168. The van der Waals surface area contributed by atoms with Crippen molar-refractivity contribution >= 4 is 68.2 Å². The number of nitrogens with zero attached hydrogens (tertiary/aromatic N) is 3. The van der Waals surface area contributed by atoms with E-state index in [9.17, 15) is 24.3 Å². The van der Waals surface area contributed by atoms with E-state index in [0.717, 1.165) is 46.7 Å². The highest BCUT2D eigenvalue weighted by molar-refractivity contribution is 6.17. The fourth-order valence-electron chi connectivity index (χ4n) is 8.43. The van der Waals surface area contributed by atoms with Gasteiger partial charge in [0.25, 0.3) is 11.8 Å². The van der Waals surface area contributed by atoms with Gasteiger partial charge in [0.05, 0.1) is 56.5 Å². The number of carbonyl (C=O) groups is 4. The van der Waals surface area contributed by atoms with Crippen LogP contribution in [0.2, 0.25) is 0 Å². The topological polar surface area (TPSA) is 211 Å². The van der Waals surface area contributed by atoms with Crippen LogP contribution in [0.25, 0.3) is 44.2 Å². The summed E-state index contributed by atoms with van der Waals surface area (Å²) in [7, 11) is -4.94. The number of hydrogen-bond acceptors (Lipinski definition) is 11. The van der Waals surface area contributed by atoms with Crippen molar-refractivity contribution in [2.24, 2.45) is 0 Å². The molecule has 0 unspecified atom stereocenters. The lowest BCUT2D eigenvalue weighted by molar-refractivity contribution is -2.00. The van der Waals surface area contributed by atoms with E-state index in [0.29, 0.717) is 32.6 Å². The lowest BCUT2D eigenvalue weighted by Crippen LogP contribution is -2.68. The summed E-state index contributed by atoms with van der Waals surface area (Å²) in [6.07, 6.45) is 4.29. The molecule has 56 heavy (non-hydrogen) atoms. The molecule has 0 spiro atoms. The van der Waals surface area contributed by atoms with E-state index in [1.807, 2.05) is 12.1 Å². The predicted octanol–water partition coefficient (Wildman–Crippen LogP) is 3.74. The van der Waals surface area contributed by atoms with Crippen molar-refractivity contribution in [2.45, 2.75) is 79.3 Å². The molecule has 0 saturated carbocycles. The number of aromatic carboxylic acids is 1. The van der Waals surface area contributed by atoms with E-state index >= 15 is 0 Å². The number of carboxylic acids is 1. The van der Waals surface area contributed by atoms with E-state index in [1.165, 1.54) is 6.07 Å². The Bertz CT molecular complexity index is 2290. The van der Waals surface area contributed by atoms with Gasteiger partial charge in [-0.05, 0) is 90.3 Å². The van der Waals surface area contributed by atoms with Crippen LogP contribution in [0.15, 0.2) is 59.0 Å². The number of benzene rings is 3. The lowest BCUT2D eigenvalue weighted by Gasteiger charge is -2.42. The number of likely N-dealkylation sites (N-methyl/N-ethyl adjacent to an activating group) is 2. The van der Waals surface area contributed by atoms with Crippen molar-refractivity contribution in [3.63, 3.8) is 0 Å². The number of hydroxylamine groups is 2. The zero-order valence-corrected chi connectivity index (χ0v) is 33.0. The molecule has 2 amide bonds. The maximum absolute atomic E-state index is 13.6. The Morgan fingerprint density at radius 3 is 1.64 bits per heavy atom. The van der Waals surface area contributed by atoms with Crippen molar-refractivity contribution in [1.82, 2.24) is 5.06 Å². The van der Waals surface area contributed by atoms with Gasteiger partial charge in [-0.15, -0.1) is 15.3 Å². The first-order chi connectivity index (χ1) is 26.1. The summed E-state index contributed by atoms with van der Waals surface area (Å²) in [6, 6.07) is 12.8. The number of carbonyl (C=O) groups excluding carboxylic acids is 3. The second kappa shape index (κ2) is 14.3. The Morgan fingerprint density at radius 2 is 1.23 bits per heavy atom. The van der Waals surface area contributed by atoms with Crippen molar-refractivity contribution < 1.29 is 62.4 Å². The van der Waals surface area contributed by atoms with E-state index in [1.54, 1.807) is 12.1 Å². The van der Waals surface area contributed by atoms with Gasteiger partial charge >= 0.3 is 23.1 Å². The van der Waals surface area contributed by atoms with Crippen LogP contribution < -0.4 is 28.4 Å². The van der Waals surface area contributed by atoms with Crippen LogP contribution in [0, 0.1) is 10.2 Å². The van der Waals surface area contributed by atoms with Gasteiger partial charge in [-0.25, -0.2) is 32.6 Å². The highest BCUT2D eigenvalue weighted by atomic mass is 35.7. The molecule has 1 saturated heterocycles. The fourth-order valence-corrected chi connectivity index (χ4v) is 8.43. The molecule has 3 aliphatic rings. The number of allylic oxidation sites excluding steroid dienone is 2. The second-order valence-corrected chi connectivity index (χ2v) is 15.8. The molecule has 0 aliphatic carbocycles. The molecular formula is C41H42ClN3O11. The van der Waals surface area contributed by atoms with Crippen LogP contribution in [0.3, 0.4) is 0 Å². The number of amides is 2. The first-order valence-electron chi connectivity index (χ1n) is 18.0. The summed E-state index contributed by atoms with van der Waals surface area (Å²) in [5.74, 6) is -3.78. The number of halogens is 1. The number of carboxylic acid groups (broad SMARTS) is 1. The third-order valence-electron chi connectivity index (χ3n) is 10.5. The molecule has 15 heteroatoms. The highest BCUT2D eigenvalue weighted by Crippen LogP contribution is 2.48. The zero-order chi connectivity index (χ0) is 41.2. The summed E-state index contributed by atoms with van der Waals surface area (Å²) < 4.78 is 40.8. The van der Waals surface area contributed by atoms with E-state index in [4.69, 9.17) is 27.9 Å². The van der Waals surface area contributed by atoms with Gasteiger partial charge in [-0.1, -0.05) is 24.3 Å². The van der Waals surface area contributed by atoms with Crippen LogP contribution in [0.4, 0.5) is 11.4 Å². The van der Waals surface area contributed by atoms with E-state index < -0.39 is 34.0 Å². The Balaban J connectivity index is 0.00000100. The molecule has 0 bridgehead atoms. The first kappa shape index (κ1) is 40.3. The number of imide groups is 1. The third kappa shape index (κ3) is 7.21. The molecule has 3 aliphatic heterocycles. The van der Waals surface area contributed by atoms with Gasteiger partial charge < -0.3 is 19.7 Å². The minimum absolute atomic E-state index is 0.0842. The molecule has 0 atom stereocenters. The Hall–Kier alpha value is -5.38. The smallest absolute Gasteiger partial charge is 0.364 e. The van der Waals surface area contributed by atoms with Crippen LogP contribution in [0.5, 0.6) is 0 Å². The molecular weight excluding hydrogens is 746 g/mol. The Kier molecular flexibility index (Phi) is 10.3. The summed E-state index contributed by atoms with van der Waals surface area (Å²) in [5.41, 5.74) is 7.03. The fraction of sp³-hybridized carbons (Fsp3) is 0.341. The van der Waals surface area contributed by atoms with Gasteiger partial charge in [-0.3, -0.25) is 9.59 Å². The van der Waals surface area contributed by atoms with Crippen LogP contribution in [-0.4, -0.2) is 58.1 Å². The average Bonchev–Trinajstić information content (AvgIpc) is 3.40. The Labute approximate surface area is 325 Å². The molecule has 1 N–H and O–H groups in total. The molecule has 14 nitrogen and oxygen atoms in total. The molecule has 0 radical (unpaired) electrons. The number of hydrogen-bond donors (Lipinski definition) is 1. The summed E-state index contributed by atoms with van der Waals surface area (Å²) >= 11 is 0. The average molecular weight is 788 g/mol. The van der Waals surface area contributed by atoms with Gasteiger partial charge in [0.1, 0.15) is 0 Å². The van der Waals surface area contributed by atoms with Crippen molar-refractivity contribution in [3.8, 4) is 11.1 Å². The maximum atomic E-state index is 13.6. The SMILES string of the molecule is CCN1c2cc3[o+]c4cc5c(cc4c(-c4cccc(C(=O)ON6C(=O)CCC6=O)c4C(=O)O)c3cc2C(C)=CC1(C)C)C(C)=CC(C)(C)N5CC.[O-][Cl+3]([O-])([O-])[O-]. The van der Waals surface area contributed by atoms with Crippen molar-refractivity contribution in [2.75, 3.05) is 22.9 Å². The summed E-state index contributed by atoms with van der Waals surface area (Å²) in [4.78, 5) is 61.3. The molecule has 4 aromatic rings. The largest absolute Gasteiger partial charge is 0.478 e. The van der Waals surface area contributed by atoms with Crippen molar-refractivity contribution in [1.29, 1.82) is 0 Å².